The van der Waals surface area contributed by atoms with E-state index in [1.165, 1.54) is 38.3 Å². The first-order chi connectivity index (χ1) is 10.2. The molecule has 0 aromatic carbocycles. The topological polar surface area (TPSA) is 54.0 Å². The van der Waals surface area contributed by atoms with Crippen LogP contribution in [-0.2, 0) is 0 Å². The van der Waals surface area contributed by atoms with Crippen LogP contribution in [0.4, 0.5) is 0 Å². The number of nitrogens with one attached hydrogen (secondary N) is 2. The molecule has 1 unspecified atom stereocenters. The van der Waals surface area contributed by atoms with Gasteiger partial charge in [0.2, 0.25) is 0 Å². The van der Waals surface area contributed by atoms with E-state index in [0.717, 1.165) is 19.4 Å². The zero-order valence-electron chi connectivity index (χ0n) is 12.2. The van der Waals surface area contributed by atoms with Crippen LogP contribution in [0, 0.1) is 0 Å². The van der Waals surface area contributed by atoms with Crippen LogP contribution in [-0.4, -0.2) is 29.0 Å². The van der Waals surface area contributed by atoms with E-state index in [9.17, 15) is 4.79 Å². The highest BCUT2D eigenvalue weighted by Crippen LogP contribution is 2.34. The predicted octanol–water partition coefficient (Wildman–Crippen LogP) is 2.92. The fraction of sp³-hybridized carbons (Fsp3) is 0.625. The van der Waals surface area contributed by atoms with Gasteiger partial charge in [0, 0.05) is 24.0 Å². The van der Waals surface area contributed by atoms with Crippen molar-refractivity contribution in [3.05, 3.63) is 29.0 Å². The number of halogens is 1. The van der Waals surface area contributed by atoms with E-state index < -0.39 is 0 Å². The Bertz CT molecular complexity index is 508. The lowest BCUT2D eigenvalue weighted by atomic mass is 9.75. The van der Waals surface area contributed by atoms with Crippen LogP contribution < -0.4 is 10.6 Å². The van der Waals surface area contributed by atoms with Crippen molar-refractivity contribution in [1.29, 1.82) is 0 Å². The van der Waals surface area contributed by atoms with E-state index >= 15 is 0 Å². The maximum absolute atomic E-state index is 12.4. The second-order valence-electron chi connectivity index (χ2n) is 6.29. The van der Waals surface area contributed by atoms with Gasteiger partial charge in [0.25, 0.3) is 5.91 Å². The second-order valence-corrected chi connectivity index (χ2v) is 6.69. The van der Waals surface area contributed by atoms with E-state index in [0.29, 0.717) is 10.6 Å². The van der Waals surface area contributed by atoms with Gasteiger partial charge < -0.3 is 10.6 Å². The molecule has 1 aromatic heterocycles. The summed E-state index contributed by atoms with van der Waals surface area (Å²) in [7, 11) is 0. The standard InChI is InChI=1S/C16H22ClN3O/c17-14-11-18-8-5-13(14)15(21)20-12-4-9-19-16(10-12)6-2-1-3-7-16/h5,8,11-12,19H,1-4,6-7,9-10H2,(H,20,21). The van der Waals surface area contributed by atoms with Gasteiger partial charge in [0.1, 0.15) is 0 Å². The molecule has 1 aromatic rings. The molecule has 1 aliphatic heterocycles. The van der Waals surface area contributed by atoms with Crippen LogP contribution in [0.2, 0.25) is 5.02 Å². The summed E-state index contributed by atoms with van der Waals surface area (Å²) in [6.07, 6.45) is 11.5. The van der Waals surface area contributed by atoms with Gasteiger partial charge in [-0.3, -0.25) is 9.78 Å². The minimum Gasteiger partial charge on any atom is -0.349 e. The van der Waals surface area contributed by atoms with Crippen LogP contribution in [0.25, 0.3) is 0 Å². The molecule has 1 spiro atoms. The van der Waals surface area contributed by atoms with E-state index in [2.05, 4.69) is 15.6 Å². The number of carbonyl (C=O) groups is 1. The molecule has 0 radical (unpaired) electrons. The summed E-state index contributed by atoms with van der Waals surface area (Å²) in [5, 5.41) is 7.27. The summed E-state index contributed by atoms with van der Waals surface area (Å²) in [5.41, 5.74) is 0.763. The van der Waals surface area contributed by atoms with E-state index in [1.807, 2.05) is 0 Å². The zero-order valence-corrected chi connectivity index (χ0v) is 13.0. The Morgan fingerprint density at radius 3 is 2.95 bits per heavy atom. The normalized spacial score (nSPS) is 24.7. The van der Waals surface area contributed by atoms with Gasteiger partial charge in [-0.2, -0.15) is 0 Å². The van der Waals surface area contributed by atoms with Crippen molar-refractivity contribution in [2.45, 2.75) is 56.5 Å². The molecule has 21 heavy (non-hydrogen) atoms. The molecular weight excluding hydrogens is 286 g/mol. The molecule has 1 aliphatic carbocycles. The quantitative estimate of drug-likeness (QED) is 0.883. The molecule has 1 amide bonds. The predicted molar refractivity (Wildman–Crippen MR) is 83.6 cm³/mol. The summed E-state index contributed by atoms with van der Waals surface area (Å²) < 4.78 is 0. The lowest BCUT2D eigenvalue weighted by Crippen LogP contribution is -2.57. The van der Waals surface area contributed by atoms with Gasteiger partial charge in [-0.1, -0.05) is 30.9 Å². The lowest BCUT2D eigenvalue weighted by molar-refractivity contribution is 0.0892. The number of piperidine rings is 1. The minimum atomic E-state index is -0.0831. The molecule has 5 heteroatoms. The van der Waals surface area contributed by atoms with Crippen molar-refractivity contribution in [3.8, 4) is 0 Å². The molecule has 1 saturated carbocycles. The molecule has 2 aliphatic rings. The summed E-state index contributed by atoms with van der Waals surface area (Å²) in [5.74, 6) is -0.0831. The van der Waals surface area contributed by atoms with Gasteiger partial charge in [0.05, 0.1) is 10.6 Å². The lowest BCUT2D eigenvalue weighted by Gasteiger charge is -2.44. The number of aromatic nitrogens is 1. The summed E-state index contributed by atoms with van der Waals surface area (Å²) in [4.78, 5) is 16.3. The monoisotopic (exact) mass is 307 g/mol. The Hall–Kier alpha value is -1.13. The average Bonchev–Trinajstić information content (AvgIpc) is 2.48. The molecular formula is C16H22ClN3O. The van der Waals surface area contributed by atoms with Crippen molar-refractivity contribution in [1.82, 2.24) is 15.6 Å². The van der Waals surface area contributed by atoms with Gasteiger partial charge in [-0.15, -0.1) is 0 Å². The van der Waals surface area contributed by atoms with Crippen molar-refractivity contribution in [2.24, 2.45) is 0 Å². The van der Waals surface area contributed by atoms with Crippen LogP contribution in [0.3, 0.4) is 0 Å². The molecule has 2 fully saturated rings. The van der Waals surface area contributed by atoms with Crippen molar-refractivity contribution < 1.29 is 4.79 Å². The number of amides is 1. The maximum atomic E-state index is 12.4. The van der Waals surface area contributed by atoms with Crippen molar-refractivity contribution in [2.75, 3.05) is 6.54 Å². The fourth-order valence-electron chi connectivity index (χ4n) is 3.71. The SMILES string of the molecule is O=C(NC1CCNC2(CCCCC2)C1)c1ccncc1Cl. The molecule has 2 N–H and O–H groups in total. The first-order valence-electron chi connectivity index (χ1n) is 7.84. The highest BCUT2D eigenvalue weighted by molar-refractivity contribution is 6.33. The molecule has 4 nitrogen and oxygen atoms in total. The first-order valence-corrected chi connectivity index (χ1v) is 8.22. The van der Waals surface area contributed by atoms with E-state index in [1.54, 1.807) is 12.3 Å². The summed E-state index contributed by atoms with van der Waals surface area (Å²) in [6, 6.07) is 1.91. The molecule has 1 atom stereocenters. The third kappa shape index (κ3) is 3.38. The Kier molecular flexibility index (Phi) is 4.45. The minimum absolute atomic E-state index is 0.0831. The largest absolute Gasteiger partial charge is 0.349 e. The maximum Gasteiger partial charge on any atom is 0.253 e. The molecule has 0 bridgehead atoms. The smallest absolute Gasteiger partial charge is 0.253 e. The van der Waals surface area contributed by atoms with E-state index in [4.69, 9.17) is 11.6 Å². The van der Waals surface area contributed by atoms with Crippen molar-refractivity contribution in [3.63, 3.8) is 0 Å². The molecule has 114 valence electrons. The van der Waals surface area contributed by atoms with Gasteiger partial charge in [-0.25, -0.2) is 0 Å². The van der Waals surface area contributed by atoms with Crippen LogP contribution in [0.15, 0.2) is 18.5 Å². The molecule has 2 heterocycles. The number of rotatable bonds is 2. The fourth-order valence-corrected chi connectivity index (χ4v) is 3.92. The first kappa shape index (κ1) is 14.8. The number of hydrogen-bond donors (Lipinski definition) is 2. The summed E-state index contributed by atoms with van der Waals surface area (Å²) in [6.45, 7) is 0.981. The van der Waals surface area contributed by atoms with Crippen molar-refractivity contribution >= 4 is 17.5 Å². The third-order valence-corrected chi connectivity index (χ3v) is 5.09. The van der Waals surface area contributed by atoms with Crippen LogP contribution in [0.1, 0.15) is 55.3 Å². The molecule has 1 saturated heterocycles. The number of pyridine rings is 1. The Balaban J connectivity index is 1.65. The Morgan fingerprint density at radius 1 is 1.38 bits per heavy atom. The third-order valence-electron chi connectivity index (χ3n) is 4.79. The van der Waals surface area contributed by atoms with Gasteiger partial charge >= 0.3 is 0 Å². The summed E-state index contributed by atoms with van der Waals surface area (Å²) >= 11 is 6.04. The number of hydrogen-bond acceptors (Lipinski definition) is 3. The highest BCUT2D eigenvalue weighted by atomic mass is 35.5. The van der Waals surface area contributed by atoms with Crippen LogP contribution >= 0.6 is 11.6 Å². The average molecular weight is 308 g/mol. The number of carbonyl (C=O) groups excluding carboxylic acids is 1. The Labute approximate surface area is 130 Å². The van der Waals surface area contributed by atoms with E-state index in [-0.39, 0.29) is 17.5 Å². The highest BCUT2D eigenvalue weighted by Gasteiger charge is 2.37. The molecule has 3 rings (SSSR count). The van der Waals surface area contributed by atoms with Gasteiger partial charge in [-0.05, 0) is 38.3 Å². The zero-order chi connectivity index (χ0) is 14.7. The second kappa shape index (κ2) is 6.32. The van der Waals surface area contributed by atoms with Crippen LogP contribution in [0.5, 0.6) is 0 Å². The Morgan fingerprint density at radius 2 is 2.19 bits per heavy atom. The number of nitrogens with zero attached hydrogens (tertiary/aromatic N) is 1. The van der Waals surface area contributed by atoms with Gasteiger partial charge in [0.15, 0.2) is 0 Å².